The summed E-state index contributed by atoms with van der Waals surface area (Å²) in [5.41, 5.74) is 2.39. The molecule has 1 aliphatic rings. The van der Waals surface area contributed by atoms with Crippen molar-refractivity contribution in [2.75, 3.05) is 6.54 Å². The summed E-state index contributed by atoms with van der Waals surface area (Å²) in [6.07, 6.45) is 5.08. The molecule has 1 saturated heterocycles. The number of carbonyl (C=O) groups is 1. The summed E-state index contributed by atoms with van der Waals surface area (Å²) in [7, 11) is 0. The van der Waals surface area contributed by atoms with Gasteiger partial charge in [-0.05, 0) is 25.0 Å². The summed E-state index contributed by atoms with van der Waals surface area (Å²) in [6, 6.07) is 3.95. The molecule has 1 atom stereocenters. The van der Waals surface area contributed by atoms with Gasteiger partial charge < -0.3 is 10.1 Å². The first-order valence-corrected chi connectivity index (χ1v) is 9.34. The predicted octanol–water partition coefficient (Wildman–Crippen LogP) is 1.83. The van der Waals surface area contributed by atoms with Gasteiger partial charge in [0.2, 0.25) is 17.1 Å². The lowest BCUT2D eigenvalue weighted by molar-refractivity contribution is -0.583. The Morgan fingerprint density at radius 1 is 1.38 bits per heavy atom. The minimum absolute atomic E-state index is 0.0106. The first kappa shape index (κ1) is 17.5. The van der Waals surface area contributed by atoms with Gasteiger partial charge in [0.25, 0.3) is 0 Å². The molecular formula is C19H18FN7O2. The molecule has 1 unspecified atom stereocenters. The molecule has 0 N–H and O–H groups in total. The minimum Gasteiger partial charge on any atom is -0.618 e. The second-order valence-electron chi connectivity index (χ2n) is 7.26. The topological polar surface area (TPSA) is 95.3 Å². The van der Waals surface area contributed by atoms with Gasteiger partial charge in [0.05, 0.1) is 12.2 Å². The number of imidazole rings is 1. The highest BCUT2D eigenvalue weighted by Gasteiger charge is 2.30. The van der Waals surface area contributed by atoms with Crippen molar-refractivity contribution in [3.63, 3.8) is 0 Å². The predicted molar refractivity (Wildman–Crippen MR) is 101 cm³/mol. The fourth-order valence-corrected chi connectivity index (χ4v) is 4.15. The quantitative estimate of drug-likeness (QED) is 0.381. The van der Waals surface area contributed by atoms with Crippen molar-refractivity contribution in [2.24, 2.45) is 0 Å². The average Bonchev–Trinajstić information content (AvgIpc) is 3.43. The maximum Gasteiger partial charge on any atom is 0.244 e. The van der Waals surface area contributed by atoms with E-state index in [4.69, 9.17) is 0 Å². The van der Waals surface area contributed by atoms with E-state index in [1.165, 1.54) is 16.8 Å². The number of rotatable bonds is 2. The summed E-state index contributed by atoms with van der Waals surface area (Å²) in [5, 5.41) is 21.2. The summed E-state index contributed by atoms with van der Waals surface area (Å²) in [6.45, 7) is 3.91. The molecule has 0 aliphatic carbocycles. The van der Waals surface area contributed by atoms with E-state index in [9.17, 15) is 14.4 Å². The number of hydrogen-bond donors (Lipinski definition) is 0. The van der Waals surface area contributed by atoms with Crippen LogP contribution in [0.1, 0.15) is 37.2 Å². The SMILES string of the molecule is CC(=O)N1CCCC1c1cn(-c2ncn3c2c(C)[n+]([O-])c2cc(F)ccc23)nn1. The lowest BCUT2D eigenvalue weighted by atomic mass is 10.1. The number of aryl methyl sites for hydroxylation is 1. The van der Waals surface area contributed by atoms with Crippen molar-refractivity contribution in [1.29, 1.82) is 0 Å². The molecule has 148 valence electrons. The van der Waals surface area contributed by atoms with Crippen LogP contribution in [-0.2, 0) is 4.79 Å². The van der Waals surface area contributed by atoms with Crippen LogP contribution in [0.15, 0.2) is 30.7 Å². The van der Waals surface area contributed by atoms with E-state index in [1.807, 2.05) is 0 Å². The fourth-order valence-electron chi connectivity index (χ4n) is 4.15. The van der Waals surface area contributed by atoms with Crippen LogP contribution < -0.4 is 4.73 Å². The van der Waals surface area contributed by atoms with Gasteiger partial charge in [0.15, 0.2) is 11.3 Å². The third-order valence-corrected chi connectivity index (χ3v) is 5.54. The van der Waals surface area contributed by atoms with Gasteiger partial charge >= 0.3 is 0 Å². The Balaban J connectivity index is 1.65. The van der Waals surface area contributed by atoms with Gasteiger partial charge in [-0.15, -0.1) is 5.10 Å². The highest BCUT2D eigenvalue weighted by atomic mass is 19.1. The first-order chi connectivity index (χ1) is 14.0. The Bertz CT molecular complexity index is 1280. The Morgan fingerprint density at radius 3 is 3.00 bits per heavy atom. The smallest absolute Gasteiger partial charge is 0.244 e. The van der Waals surface area contributed by atoms with Gasteiger partial charge in [-0.1, -0.05) is 5.21 Å². The van der Waals surface area contributed by atoms with Gasteiger partial charge in [-0.2, -0.15) is 9.41 Å². The van der Waals surface area contributed by atoms with Crippen LogP contribution in [0.25, 0.3) is 22.4 Å². The van der Waals surface area contributed by atoms with E-state index in [0.717, 1.165) is 12.8 Å². The second kappa shape index (κ2) is 6.23. The van der Waals surface area contributed by atoms with Gasteiger partial charge in [-0.25, -0.2) is 9.37 Å². The molecule has 5 rings (SSSR count). The number of amides is 1. The van der Waals surface area contributed by atoms with Gasteiger partial charge in [0.1, 0.15) is 23.4 Å². The van der Waals surface area contributed by atoms with E-state index in [0.29, 0.717) is 39.5 Å². The Labute approximate surface area is 164 Å². The van der Waals surface area contributed by atoms with Crippen molar-refractivity contribution in [1.82, 2.24) is 29.3 Å². The van der Waals surface area contributed by atoms with E-state index in [1.54, 1.807) is 41.7 Å². The van der Waals surface area contributed by atoms with Crippen LogP contribution in [0.3, 0.4) is 0 Å². The lowest BCUT2D eigenvalue weighted by Gasteiger charge is -2.20. The number of fused-ring (bicyclic) bond motifs is 3. The molecule has 1 amide bonds. The van der Waals surface area contributed by atoms with Crippen molar-refractivity contribution in [3.05, 3.63) is 53.1 Å². The van der Waals surface area contributed by atoms with Crippen molar-refractivity contribution >= 4 is 22.5 Å². The number of aromatic nitrogens is 6. The van der Waals surface area contributed by atoms with Crippen LogP contribution in [0.4, 0.5) is 4.39 Å². The number of hydrogen-bond acceptors (Lipinski definition) is 5. The molecule has 3 aromatic heterocycles. The van der Waals surface area contributed by atoms with Crippen LogP contribution in [0, 0.1) is 17.9 Å². The molecule has 1 aromatic carbocycles. The fraction of sp³-hybridized carbons (Fsp3) is 0.316. The second-order valence-corrected chi connectivity index (χ2v) is 7.26. The zero-order chi connectivity index (χ0) is 20.3. The van der Waals surface area contributed by atoms with Crippen LogP contribution >= 0.6 is 0 Å². The van der Waals surface area contributed by atoms with E-state index in [2.05, 4.69) is 15.3 Å². The van der Waals surface area contributed by atoms with Gasteiger partial charge in [0, 0.05) is 26.5 Å². The molecule has 10 heteroatoms. The molecule has 1 aliphatic heterocycles. The minimum atomic E-state index is -0.478. The summed E-state index contributed by atoms with van der Waals surface area (Å²) in [5.74, 6) is -0.0189. The molecule has 9 nitrogen and oxygen atoms in total. The third kappa shape index (κ3) is 2.55. The van der Waals surface area contributed by atoms with E-state index in [-0.39, 0.29) is 17.5 Å². The third-order valence-electron chi connectivity index (χ3n) is 5.54. The van der Waals surface area contributed by atoms with Crippen molar-refractivity contribution in [3.8, 4) is 5.82 Å². The normalized spacial score (nSPS) is 16.9. The molecule has 4 aromatic rings. The van der Waals surface area contributed by atoms with Crippen molar-refractivity contribution in [2.45, 2.75) is 32.7 Å². The Kier molecular flexibility index (Phi) is 3.76. The van der Waals surface area contributed by atoms with E-state index >= 15 is 0 Å². The first-order valence-electron chi connectivity index (χ1n) is 9.34. The number of carbonyl (C=O) groups excluding carboxylic acids is 1. The zero-order valence-corrected chi connectivity index (χ0v) is 15.9. The zero-order valence-electron chi connectivity index (χ0n) is 15.9. The highest BCUT2D eigenvalue weighted by Crippen LogP contribution is 2.31. The van der Waals surface area contributed by atoms with Gasteiger partial charge in [-0.3, -0.25) is 9.20 Å². The lowest BCUT2D eigenvalue weighted by Crippen LogP contribution is -2.32. The molecule has 4 heterocycles. The maximum absolute atomic E-state index is 13.6. The maximum atomic E-state index is 13.6. The molecule has 0 saturated carbocycles. The summed E-state index contributed by atoms with van der Waals surface area (Å²) in [4.78, 5) is 18.1. The molecular weight excluding hydrogens is 377 g/mol. The van der Waals surface area contributed by atoms with Crippen LogP contribution in [0.5, 0.6) is 0 Å². The molecule has 29 heavy (non-hydrogen) atoms. The Morgan fingerprint density at radius 2 is 2.21 bits per heavy atom. The molecule has 0 spiro atoms. The highest BCUT2D eigenvalue weighted by molar-refractivity contribution is 5.79. The molecule has 0 radical (unpaired) electrons. The number of benzene rings is 1. The number of likely N-dealkylation sites (tertiary alicyclic amines) is 1. The van der Waals surface area contributed by atoms with Crippen molar-refractivity contribution < 1.29 is 13.9 Å². The van der Waals surface area contributed by atoms with E-state index < -0.39 is 5.82 Å². The number of nitrogens with zero attached hydrogens (tertiary/aromatic N) is 7. The summed E-state index contributed by atoms with van der Waals surface area (Å²) < 4.78 is 17.6. The Hall–Kier alpha value is -3.56. The average molecular weight is 395 g/mol. The number of halogens is 1. The monoisotopic (exact) mass is 395 g/mol. The molecule has 0 bridgehead atoms. The largest absolute Gasteiger partial charge is 0.618 e. The van der Waals surface area contributed by atoms with Crippen LogP contribution in [-0.4, -0.2) is 41.7 Å². The van der Waals surface area contributed by atoms with Crippen LogP contribution in [0.2, 0.25) is 0 Å². The standard InChI is InChI=1S/C19H18FN7O2/c1-11-18-19(21-10-25(18)16-6-5-13(20)8-17(16)27(11)29)26-9-14(22-23-26)15-4-3-7-24(15)12(2)28/h5-6,8-10,15H,3-4,7H2,1-2H3. The molecule has 1 fully saturated rings. The summed E-state index contributed by atoms with van der Waals surface area (Å²) >= 11 is 0.